The quantitative estimate of drug-likeness (QED) is 0.569. The number of rotatable bonds is 1. The first-order chi connectivity index (χ1) is 5.58. The Hall–Kier alpha value is -0.160. The second-order valence-electron chi connectivity index (χ2n) is 3.93. The molecule has 0 radical (unpaired) electrons. The average Bonchev–Trinajstić information content (AvgIpc) is 2.23. The third kappa shape index (κ3) is 1.15. The standard InChI is InChI=1S/C8H14O4/c1-7-2-6(10)3-8(4-9,12-7)5-11-7/h6,9-10H,2-5H2,1H3. The maximum Gasteiger partial charge on any atom is 0.169 e. The third-order valence-corrected chi connectivity index (χ3v) is 2.58. The van der Waals surface area contributed by atoms with Crippen molar-refractivity contribution < 1.29 is 19.7 Å². The fourth-order valence-electron chi connectivity index (χ4n) is 2.07. The Labute approximate surface area is 71.1 Å². The molecular weight excluding hydrogens is 160 g/mol. The van der Waals surface area contributed by atoms with E-state index in [0.717, 1.165) is 0 Å². The molecular formula is C8H14O4. The summed E-state index contributed by atoms with van der Waals surface area (Å²) in [6.45, 7) is 2.10. The summed E-state index contributed by atoms with van der Waals surface area (Å²) in [4.78, 5) is 0. The topological polar surface area (TPSA) is 58.9 Å². The summed E-state index contributed by atoms with van der Waals surface area (Å²) >= 11 is 0. The molecule has 2 N–H and O–H groups in total. The zero-order valence-electron chi connectivity index (χ0n) is 7.12. The van der Waals surface area contributed by atoms with Gasteiger partial charge in [-0.05, 0) is 6.92 Å². The van der Waals surface area contributed by atoms with Gasteiger partial charge in [0, 0.05) is 12.8 Å². The Morgan fingerprint density at radius 3 is 2.92 bits per heavy atom. The van der Waals surface area contributed by atoms with Gasteiger partial charge in [0.2, 0.25) is 0 Å². The summed E-state index contributed by atoms with van der Waals surface area (Å²) in [6.07, 6.45) is 0.548. The molecule has 2 fully saturated rings. The Kier molecular flexibility index (Phi) is 1.70. The van der Waals surface area contributed by atoms with E-state index in [-0.39, 0.29) is 6.61 Å². The zero-order chi connectivity index (χ0) is 8.82. The largest absolute Gasteiger partial charge is 0.393 e. The minimum atomic E-state index is -0.680. The lowest BCUT2D eigenvalue weighted by atomic mass is 9.92. The van der Waals surface area contributed by atoms with Crippen LogP contribution < -0.4 is 0 Å². The van der Waals surface area contributed by atoms with E-state index in [1.54, 1.807) is 6.92 Å². The molecule has 2 heterocycles. The van der Waals surface area contributed by atoms with Gasteiger partial charge < -0.3 is 19.7 Å². The van der Waals surface area contributed by atoms with E-state index in [9.17, 15) is 5.11 Å². The van der Waals surface area contributed by atoms with Crippen molar-refractivity contribution in [1.82, 2.24) is 0 Å². The highest BCUT2D eigenvalue weighted by molar-refractivity contribution is 4.96. The molecule has 0 aromatic carbocycles. The lowest BCUT2D eigenvalue weighted by Crippen LogP contribution is -2.47. The van der Waals surface area contributed by atoms with E-state index in [2.05, 4.69) is 0 Å². The predicted octanol–water partition coefficient (Wildman–Crippen LogP) is -0.365. The summed E-state index contributed by atoms with van der Waals surface area (Å²) in [5.74, 6) is -0.680. The summed E-state index contributed by atoms with van der Waals surface area (Å²) in [7, 11) is 0. The molecule has 2 bridgehead atoms. The van der Waals surface area contributed by atoms with E-state index in [1.165, 1.54) is 0 Å². The molecule has 0 spiro atoms. The van der Waals surface area contributed by atoms with Crippen LogP contribution in [0, 0.1) is 0 Å². The fourth-order valence-corrected chi connectivity index (χ4v) is 2.07. The maximum atomic E-state index is 9.48. The minimum Gasteiger partial charge on any atom is -0.393 e. The molecule has 3 atom stereocenters. The molecule has 4 nitrogen and oxygen atoms in total. The van der Waals surface area contributed by atoms with Gasteiger partial charge in [0.05, 0.1) is 19.3 Å². The van der Waals surface area contributed by atoms with Crippen molar-refractivity contribution in [2.75, 3.05) is 13.2 Å². The van der Waals surface area contributed by atoms with Crippen LogP contribution in [0.15, 0.2) is 0 Å². The van der Waals surface area contributed by atoms with Crippen LogP contribution in [0.2, 0.25) is 0 Å². The van der Waals surface area contributed by atoms with Crippen LogP contribution in [0.4, 0.5) is 0 Å². The monoisotopic (exact) mass is 174 g/mol. The smallest absolute Gasteiger partial charge is 0.169 e. The highest BCUT2D eigenvalue weighted by atomic mass is 16.8. The van der Waals surface area contributed by atoms with Gasteiger partial charge in [-0.3, -0.25) is 0 Å². The van der Waals surface area contributed by atoms with Crippen molar-refractivity contribution >= 4 is 0 Å². The number of ether oxygens (including phenoxy) is 2. The SMILES string of the molecule is CC12CC(O)CC(CO)(CO1)O2. The van der Waals surface area contributed by atoms with Gasteiger partial charge in [-0.25, -0.2) is 0 Å². The van der Waals surface area contributed by atoms with Crippen molar-refractivity contribution in [1.29, 1.82) is 0 Å². The number of aliphatic hydroxyl groups excluding tert-OH is 2. The van der Waals surface area contributed by atoms with Gasteiger partial charge in [0.25, 0.3) is 0 Å². The van der Waals surface area contributed by atoms with Crippen molar-refractivity contribution in [3.63, 3.8) is 0 Å². The summed E-state index contributed by atoms with van der Waals surface area (Å²) < 4.78 is 10.9. The molecule has 0 amide bonds. The zero-order valence-corrected chi connectivity index (χ0v) is 7.12. The molecule has 4 heteroatoms. The molecule has 12 heavy (non-hydrogen) atoms. The van der Waals surface area contributed by atoms with Crippen LogP contribution in [0.1, 0.15) is 19.8 Å². The van der Waals surface area contributed by atoms with E-state index >= 15 is 0 Å². The van der Waals surface area contributed by atoms with Crippen molar-refractivity contribution in [3.8, 4) is 0 Å². The van der Waals surface area contributed by atoms with Crippen molar-refractivity contribution in [2.45, 2.75) is 37.3 Å². The molecule has 2 saturated heterocycles. The Morgan fingerprint density at radius 2 is 2.25 bits per heavy atom. The normalized spacial score (nSPS) is 52.8. The summed E-state index contributed by atoms with van der Waals surface area (Å²) in [5, 5.41) is 18.6. The van der Waals surface area contributed by atoms with Gasteiger partial charge in [-0.1, -0.05) is 0 Å². The Balaban J connectivity index is 2.20. The Morgan fingerprint density at radius 1 is 1.50 bits per heavy atom. The lowest BCUT2D eigenvalue weighted by Gasteiger charge is -2.37. The number of aliphatic hydroxyl groups is 2. The van der Waals surface area contributed by atoms with Crippen molar-refractivity contribution in [2.24, 2.45) is 0 Å². The molecule has 3 unspecified atom stereocenters. The van der Waals surface area contributed by atoms with E-state index < -0.39 is 17.5 Å². The van der Waals surface area contributed by atoms with Crippen LogP contribution in [0.3, 0.4) is 0 Å². The van der Waals surface area contributed by atoms with Gasteiger partial charge in [0.15, 0.2) is 5.79 Å². The molecule has 0 aromatic rings. The van der Waals surface area contributed by atoms with Crippen LogP contribution in [-0.4, -0.2) is 40.9 Å². The van der Waals surface area contributed by atoms with Crippen LogP contribution in [-0.2, 0) is 9.47 Å². The van der Waals surface area contributed by atoms with Crippen molar-refractivity contribution in [3.05, 3.63) is 0 Å². The number of fused-ring (bicyclic) bond motifs is 2. The van der Waals surface area contributed by atoms with Crippen LogP contribution in [0.25, 0.3) is 0 Å². The van der Waals surface area contributed by atoms with Crippen LogP contribution in [0.5, 0.6) is 0 Å². The predicted molar refractivity (Wildman–Crippen MR) is 40.5 cm³/mol. The second kappa shape index (κ2) is 2.42. The molecule has 2 rings (SSSR count). The first-order valence-corrected chi connectivity index (χ1v) is 4.21. The molecule has 0 aromatic heterocycles. The maximum absolute atomic E-state index is 9.48. The molecule has 70 valence electrons. The molecule has 2 aliphatic rings. The van der Waals surface area contributed by atoms with Gasteiger partial charge in [-0.2, -0.15) is 0 Å². The highest BCUT2D eigenvalue weighted by Gasteiger charge is 2.53. The summed E-state index contributed by atoms with van der Waals surface area (Å²) in [5.41, 5.74) is -0.646. The third-order valence-electron chi connectivity index (χ3n) is 2.58. The minimum absolute atomic E-state index is 0.0837. The lowest BCUT2D eigenvalue weighted by molar-refractivity contribution is -0.229. The van der Waals surface area contributed by atoms with Crippen LogP contribution >= 0.6 is 0 Å². The van der Waals surface area contributed by atoms with E-state index in [1.807, 2.05) is 0 Å². The van der Waals surface area contributed by atoms with E-state index in [0.29, 0.717) is 19.4 Å². The fraction of sp³-hybridized carbons (Fsp3) is 1.00. The average molecular weight is 174 g/mol. The number of hydrogen-bond donors (Lipinski definition) is 2. The first-order valence-electron chi connectivity index (χ1n) is 4.21. The molecule has 0 aliphatic carbocycles. The second-order valence-corrected chi connectivity index (χ2v) is 3.93. The van der Waals surface area contributed by atoms with Gasteiger partial charge >= 0.3 is 0 Å². The summed E-state index contributed by atoms with van der Waals surface area (Å²) in [6, 6.07) is 0. The van der Waals surface area contributed by atoms with E-state index in [4.69, 9.17) is 14.6 Å². The number of hydrogen-bond acceptors (Lipinski definition) is 4. The molecule has 0 saturated carbocycles. The first kappa shape index (κ1) is 8.44. The van der Waals surface area contributed by atoms with Gasteiger partial charge in [-0.15, -0.1) is 0 Å². The molecule has 2 aliphatic heterocycles. The van der Waals surface area contributed by atoms with Gasteiger partial charge in [0.1, 0.15) is 5.60 Å². The Bertz CT molecular complexity index is 195. The highest BCUT2D eigenvalue weighted by Crippen LogP contribution is 2.42.